The first-order chi connectivity index (χ1) is 8.32. The quantitative estimate of drug-likeness (QED) is 0.764. The van der Waals surface area contributed by atoms with E-state index in [1.54, 1.807) is 0 Å². The Morgan fingerprint density at radius 1 is 1.33 bits per heavy atom. The largest absolute Gasteiger partial charge is 0.395 e. The summed E-state index contributed by atoms with van der Waals surface area (Å²) in [5, 5.41) is 12.8. The molecule has 1 fully saturated rings. The van der Waals surface area contributed by atoms with Crippen molar-refractivity contribution in [2.45, 2.75) is 59.5 Å². The molecular formula is C15H32N2O. The fourth-order valence-electron chi connectivity index (χ4n) is 2.78. The Bertz CT molecular complexity index is 235. The van der Waals surface area contributed by atoms with E-state index in [2.05, 4.69) is 44.8 Å². The highest BCUT2D eigenvalue weighted by atomic mass is 16.3. The van der Waals surface area contributed by atoms with Crippen molar-refractivity contribution in [3.8, 4) is 0 Å². The first-order valence-electron chi connectivity index (χ1n) is 7.42. The van der Waals surface area contributed by atoms with Crippen molar-refractivity contribution in [3.05, 3.63) is 0 Å². The number of aliphatic hydroxyl groups is 1. The van der Waals surface area contributed by atoms with Gasteiger partial charge in [0.15, 0.2) is 0 Å². The summed E-state index contributed by atoms with van der Waals surface area (Å²) in [7, 11) is 0. The molecule has 0 aliphatic carbocycles. The Labute approximate surface area is 113 Å². The van der Waals surface area contributed by atoms with Crippen molar-refractivity contribution in [1.29, 1.82) is 0 Å². The van der Waals surface area contributed by atoms with E-state index in [0.717, 1.165) is 18.9 Å². The van der Waals surface area contributed by atoms with Crippen molar-refractivity contribution >= 4 is 0 Å². The summed E-state index contributed by atoms with van der Waals surface area (Å²) in [6.07, 6.45) is 2.37. The molecule has 2 atom stereocenters. The minimum Gasteiger partial charge on any atom is -0.395 e. The van der Waals surface area contributed by atoms with Gasteiger partial charge in [-0.3, -0.25) is 0 Å². The fourth-order valence-corrected chi connectivity index (χ4v) is 2.78. The molecule has 108 valence electrons. The van der Waals surface area contributed by atoms with Crippen LogP contribution >= 0.6 is 0 Å². The summed E-state index contributed by atoms with van der Waals surface area (Å²) < 4.78 is 0. The van der Waals surface area contributed by atoms with Crippen molar-refractivity contribution < 1.29 is 5.11 Å². The Balaban J connectivity index is 2.28. The second-order valence-electron chi connectivity index (χ2n) is 7.14. The third-order valence-corrected chi connectivity index (χ3v) is 4.08. The van der Waals surface area contributed by atoms with E-state index in [4.69, 9.17) is 0 Å². The van der Waals surface area contributed by atoms with Crippen LogP contribution in [0, 0.1) is 11.3 Å². The van der Waals surface area contributed by atoms with Crippen LogP contribution in [0.25, 0.3) is 0 Å². The summed E-state index contributed by atoms with van der Waals surface area (Å²) in [6.45, 7) is 15.1. The summed E-state index contributed by atoms with van der Waals surface area (Å²) in [6, 6.07) is 0.696. The summed E-state index contributed by atoms with van der Waals surface area (Å²) in [4.78, 5) is 2.56. The van der Waals surface area contributed by atoms with Crippen LogP contribution < -0.4 is 5.32 Å². The first kappa shape index (κ1) is 15.9. The second kappa shape index (κ2) is 6.88. The predicted octanol–water partition coefficient (Wildman–Crippen LogP) is 2.10. The minimum absolute atomic E-state index is 0.245. The van der Waals surface area contributed by atoms with Gasteiger partial charge in [0, 0.05) is 18.6 Å². The molecule has 1 aliphatic rings. The lowest BCUT2D eigenvalue weighted by molar-refractivity contribution is 0.198. The lowest BCUT2D eigenvalue weighted by Gasteiger charge is -2.27. The van der Waals surface area contributed by atoms with Gasteiger partial charge >= 0.3 is 0 Å². The standard InChI is InChI=1S/C15H32N2O/c1-12(2)16-14(11-18)7-9-17-8-6-13(10-17)15(3,4)5/h12-14,16,18H,6-11H2,1-5H3. The summed E-state index contributed by atoms with van der Waals surface area (Å²) in [5.74, 6) is 0.822. The number of nitrogens with one attached hydrogen (secondary N) is 1. The molecular weight excluding hydrogens is 224 g/mol. The molecule has 1 saturated heterocycles. The highest BCUT2D eigenvalue weighted by molar-refractivity contribution is 4.84. The number of aliphatic hydroxyl groups excluding tert-OH is 1. The molecule has 0 radical (unpaired) electrons. The van der Waals surface area contributed by atoms with Gasteiger partial charge in [0.05, 0.1) is 6.61 Å². The van der Waals surface area contributed by atoms with Crippen LogP contribution in [0.4, 0.5) is 0 Å². The number of hydrogen-bond donors (Lipinski definition) is 2. The molecule has 18 heavy (non-hydrogen) atoms. The minimum atomic E-state index is 0.245. The number of nitrogens with zero attached hydrogens (tertiary/aromatic N) is 1. The van der Waals surface area contributed by atoms with Gasteiger partial charge in [-0.1, -0.05) is 34.6 Å². The highest BCUT2D eigenvalue weighted by Gasteiger charge is 2.31. The van der Waals surface area contributed by atoms with Gasteiger partial charge in [-0.25, -0.2) is 0 Å². The highest BCUT2D eigenvalue weighted by Crippen LogP contribution is 2.33. The van der Waals surface area contributed by atoms with Crippen LogP contribution in [0.2, 0.25) is 0 Å². The van der Waals surface area contributed by atoms with Gasteiger partial charge in [-0.05, 0) is 37.3 Å². The Hall–Kier alpha value is -0.120. The van der Waals surface area contributed by atoms with Crippen molar-refractivity contribution in [1.82, 2.24) is 10.2 Å². The van der Waals surface area contributed by atoms with E-state index in [-0.39, 0.29) is 12.6 Å². The van der Waals surface area contributed by atoms with Gasteiger partial charge in [0.1, 0.15) is 0 Å². The number of rotatable bonds is 6. The average molecular weight is 256 g/mol. The predicted molar refractivity (Wildman–Crippen MR) is 77.8 cm³/mol. The van der Waals surface area contributed by atoms with Crippen LogP contribution in [0.3, 0.4) is 0 Å². The molecule has 3 nitrogen and oxygen atoms in total. The van der Waals surface area contributed by atoms with Crippen molar-refractivity contribution in [2.75, 3.05) is 26.2 Å². The molecule has 0 aromatic rings. The van der Waals surface area contributed by atoms with Gasteiger partial charge in [0.2, 0.25) is 0 Å². The molecule has 0 bridgehead atoms. The van der Waals surface area contributed by atoms with Crippen LogP contribution in [-0.4, -0.2) is 48.3 Å². The van der Waals surface area contributed by atoms with E-state index in [0.29, 0.717) is 11.5 Å². The summed E-state index contributed by atoms with van der Waals surface area (Å²) >= 11 is 0. The second-order valence-corrected chi connectivity index (χ2v) is 7.14. The Morgan fingerprint density at radius 2 is 2.00 bits per heavy atom. The van der Waals surface area contributed by atoms with E-state index in [1.165, 1.54) is 19.5 Å². The molecule has 0 aromatic heterocycles. The number of hydrogen-bond acceptors (Lipinski definition) is 3. The van der Waals surface area contributed by atoms with Crippen LogP contribution in [0.1, 0.15) is 47.5 Å². The van der Waals surface area contributed by atoms with Gasteiger partial charge in [-0.15, -0.1) is 0 Å². The molecule has 0 saturated carbocycles. The maximum Gasteiger partial charge on any atom is 0.0585 e. The van der Waals surface area contributed by atoms with Crippen molar-refractivity contribution in [2.24, 2.45) is 11.3 Å². The molecule has 0 spiro atoms. The monoisotopic (exact) mass is 256 g/mol. The normalized spacial score (nSPS) is 23.8. The maximum absolute atomic E-state index is 9.35. The van der Waals surface area contributed by atoms with Gasteiger partial charge < -0.3 is 15.3 Å². The van der Waals surface area contributed by atoms with Gasteiger partial charge in [0.25, 0.3) is 0 Å². The smallest absolute Gasteiger partial charge is 0.0585 e. The third-order valence-electron chi connectivity index (χ3n) is 4.08. The lowest BCUT2D eigenvalue weighted by Crippen LogP contribution is -2.40. The number of likely N-dealkylation sites (tertiary alicyclic amines) is 1. The zero-order valence-corrected chi connectivity index (χ0v) is 12.9. The van der Waals surface area contributed by atoms with Gasteiger partial charge in [-0.2, -0.15) is 0 Å². The molecule has 2 unspecified atom stereocenters. The van der Waals surface area contributed by atoms with Crippen LogP contribution in [0.5, 0.6) is 0 Å². The van der Waals surface area contributed by atoms with E-state index in [9.17, 15) is 5.11 Å². The zero-order chi connectivity index (χ0) is 13.8. The first-order valence-corrected chi connectivity index (χ1v) is 7.42. The fraction of sp³-hybridized carbons (Fsp3) is 1.00. The Kier molecular flexibility index (Phi) is 6.09. The van der Waals surface area contributed by atoms with Crippen molar-refractivity contribution in [3.63, 3.8) is 0 Å². The lowest BCUT2D eigenvalue weighted by atomic mass is 9.80. The van der Waals surface area contributed by atoms with Crippen LogP contribution in [0.15, 0.2) is 0 Å². The van der Waals surface area contributed by atoms with E-state index >= 15 is 0 Å². The van der Waals surface area contributed by atoms with Crippen LogP contribution in [-0.2, 0) is 0 Å². The Morgan fingerprint density at radius 3 is 2.44 bits per heavy atom. The molecule has 3 heteroatoms. The third kappa shape index (κ3) is 5.25. The average Bonchev–Trinajstić information content (AvgIpc) is 2.71. The topological polar surface area (TPSA) is 35.5 Å². The van der Waals surface area contributed by atoms with E-state index in [1.807, 2.05) is 0 Å². The molecule has 1 heterocycles. The molecule has 1 rings (SSSR count). The van der Waals surface area contributed by atoms with E-state index < -0.39 is 0 Å². The molecule has 1 aliphatic heterocycles. The molecule has 0 amide bonds. The molecule has 0 aromatic carbocycles. The summed E-state index contributed by atoms with van der Waals surface area (Å²) in [5.41, 5.74) is 0.432. The molecule has 2 N–H and O–H groups in total. The SMILES string of the molecule is CC(C)NC(CO)CCN1CCC(C(C)(C)C)C1. The maximum atomic E-state index is 9.35. The zero-order valence-electron chi connectivity index (χ0n) is 12.9.